The summed E-state index contributed by atoms with van der Waals surface area (Å²) in [4.78, 5) is 28.8. The summed E-state index contributed by atoms with van der Waals surface area (Å²) in [7, 11) is -5.87. The van der Waals surface area contributed by atoms with E-state index in [1.165, 1.54) is 5.57 Å². The molecule has 2 rings (SSSR count). The number of benzene rings is 1. The molecule has 11 heteroatoms. The van der Waals surface area contributed by atoms with Gasteiger partial charge in [0.05, 0.1) is 0 Å². The molecule has 0 saturated heterocycles. The van der Waals surface area contributed by atoms with Crippen molar-refractivity contribution in [2.45, 2.75) is 104 Å². The van der Waals surface area contributed by atoms with Gasteiger partial charge < -0.3 is 24.2 Å². The van der Waals surface area contributed by atoms with Crippen LogP contribution in [0.25, 0.3) is 0 Å². The molecule has 206 valence electrons. The predicted molar refractivity (Wildman–Crippen MR) is 140 cm³/mol. The summed E-state index contributed by atoms with van der Waals surface area (Å²) >= 11 is 0. The van der Waals surface area contributed by atoms with Crippen molar-refractivity contribution in [3.8, 4) is 11.5 Å². The van der Waals surface area contributed by atoms with E-state index < -0.39 is 28.0 Å². The highest BCUT2D eigenvalue weighted by Gasteiger charge is 2.36. The lowest BCUT2D eigenvalue weighted by Gasteiger charge is -2.33. The summed E-state index contributed by atoms with van der Waals surface area (Å²) in [6.45, 7) is 10.5. The SMILES string of the molecule is CCCCCc1cc(OC(C)(C)OP(O)O)c(C2C=C(C)CCC2)c(OC(C)(C)OP(=O)(O)OC)c1. The number of phosphoric acid groups is 1. The summed E-state index contributed by atoms with van der Waals surface area (Å²) in [5.74, 6) is -1.93. The van der Waals surface area contributed by atoms with Crippen molar-refractivity contribution < 1.29 is 42.3 Å². The molecule has 1 aliphatic carbocycles. The number of unbranched alkanes of at least 4 members (excludes halogenated alkanes) is 2. The lowest BCUT2D eigenvalue weighted by Crippen LogP contribution is -2.33. The average Bonchev–Trinajstić information content (AvgIpc) is 2.71. The van der Waals surface area contributed by atoms with Gasteiger partial charge in [-0.3, -0.25) is 9.05 Å². The fourth-order valence-corrected chi connectivity index (χ4v) is 5.43. The molecular formula is C25H42O9P2. The zero-order chi connectivity index (χ0) is 27.1. The number of hydrogen-bond donors (Lipinski definition) is 3. The zero-order valence-corrected chi connectivity index (χ0v) is 24.2. The second-order valence-electron chi connectivity index (χ2n) is 10.1. The van der Waals surface area contributed by atoms with E-state index in [2.05, 4.69) is 24.4 Å². The molecule has 0 aliphatic heterocycles. The number of allylic oxidation sites excluding steroid dienone is 2. The van der Waals surface area contributed by atoms with Crippen LogP contribution >= 0.6 is 16.4 Å². The summed E-state index contributed by atoms with van der Waals surface area (Å²) < 4.78 is 39.8. The highest BCUT2D eigenvalue weighted by Crippen LogP contribution is 2.49. The second-order valence-corrected chi connectivity index (χ2v) is 12.2. The van der Waals surface area contributed by atoms with Crippen LogP contribution in [0.4, 0.5) is 0 Å². The maximum Gasteiger partial charge on any atom is 0.475 e. The first-order valence-electron chi connectivity index (χ1n) is 12.4. The standard InChI is InChI=1S/C25H42O9P2/c1-8-9-10-13-19-16-21(31-24(3,4)33-35(26)27)23(20-14-11-12-18(2)15-20)22(17-19)32-25(5,6)34-36(28,29)30-7/h15-17,20,26-27H,8-14H2,1-7H3,(H,28,29). The van der Waals surface area contributed by atoms with Crippen LogP contribution in [0.3, 0.4) is 0 Å². The molecule has 1 aromatic carbocycles. The van der Waals surface area contributed by atoms with Crippen molar-refractivity contribution in [3.05, 3.63) is 34.9 Å². The molecule has 0 radical (unpaired) electrons. The first-order valence-corrected chi connectivity index (χ1v) is 15.0. The van der Waals surface area contributed by atoms with Crippen LogP contribution in [0.5, 0.6) is 11.5 Å². The van der Waals surface area contributed by atoms with Crippen molar-refractivity contribution in [2.75, 3.05) is 7.11 Å². The van der Waals surface area contributed by atoms with Gasteiger partial charge in [0.1, 0.15) is 11.5 Å². The van der Waals surface area contributed by atoms with Gasteiger partial charge in [0, 0.05) is 46.3 Å². The summed E-state index contributed by atoms with van der Waals surface area (Å²) in [6, 6.07) is 3.87. The maximum atomic E-state index is 12.2. The number of hydrogen-bond acceptors (Lipinski definition) is 8. The van der Waals surface area contributed by atoms with Crippen LogP contribution in [0.15, 0.2) is 23.8 Å². The van der Waals surface area contributed by atoms with Gasteiger partial charge in [-0.25, -0.2) is 9.09 Å². The van der Waals surface area contributed by atoms with E-state index in [9.17, 15) is 19.2 Å². The van der Waals surface area contributed by atoms with Gasteiger partial charge in [0.15, 0.2) is 0 Å². The van der Waals surface area contributed by atoms with E-state index in [1.807, 2.05) is 12.1 Å². The molecule has 0 amide bonds. The Kier molecular flexibility index (Phi) is 11.4. The summed E-state index contributed by atoms with van der Waals surface area (Å²) in [5.41, 5.74) is 2.94. The Morgan fingerprint density at radius 2 is 1.69 bits per heavy atom. The smallest absolute Gasteiger partial charge is 0.462 e. The van der Waals surface area contributed by atoms with E-state index in [1.54, 1.807) is 27.7 Å². The summed E-state index contributed by atoms with van der Waals surface area (Å²) in [6.07, 6.45) is 8.87. The van der Waals surface area contributed by atoms with Crippen molar-refractivity contribution >= 4 is 16.4 Å². The molecule has 3 N–H and O–H groups in total. The molecule has 0 spiro atoms. The number of aryl methyl sites for hydroxylation is 1. The van der Waals surface area contributed by atoms with Crippen molar-refractivity contribution in [1.82, 2.24) is 0 Å². The molecule has 2 unspecified atom stereocenters. The molecule has 2 atom stereocenters. The minimum atomic E-state index is -4.33. The quantitative estimate of drug-likeness (QED) is 0.0990. The number of phosphoric ester groups is 1. The Hall–Kier alpha value is -1.02. The third-order valence-electron chi connectivity index (χ3n) is 5.75. The zero-order valence-electron chi connectivity index (χ0n) is 22.4. The van der Waals surface area contributed by atoms with Crippen LogP contribution in [0.2, 0.25) is 0 Å². The van der Waals surface area contributed by atoms with Crippen LogP contribution < -0.4 is 9.47 Å². The van der Waals surface area contributed by atoms with Crippen LogP contribution in [-0.2, 0) is 24.6 Å². The molecule has 9 nitrogen and oxygen atoms in total. The number of ether oxygens (including phenoxy) is 2. The van der Waals surface area contributed by atoms with E-state index >= 15 is 0 Å². The van der Waals surface area contributed by atoms with E-state index in [0.717, 1.165) is 63.2 Å². The Morgan fingerprint density at radius 1 is 1.08 bits per heavy atom. The Morgan fingerprint density at radius 3 is 2.22 bits per heavy atom. The van der Waals surface area contributed by atoms with Gasteiger partial charge in [-0.15, -0.1) is 0 Å². The Labute approximate surface area is 216 Å². The van der Waals surface area contributed by atoms with Crippen LogP contribution in [-0.4, -0.2) is 33.4 Å². The van der Waals surface area contributed by atoms with E-state index in [0.29, 0.717) is 11.5 Å². The van der Waals surface area contributed by atoms with Crippen LogP contribution in [0, 0.1) is 0 Å². The van der Waals surface area contributed by atoms with Gasteiger partial charge in [0.25, 0.3) is 0 Å². The van der Waals surface area contributed by atoms with Gasteiger partial charge in [-0.05, 0) is 56.7 Å². The molecule has 0 saturated carbocycles. The fraction of sp³-hybridized carbons (Fsp3) is 0.680. The minimum Gasteiger partial charge on any atom is -0.462 e. The molecule has 0 bridgehead atoms. The highest BCUT2D eigenvalue weighted by atomic mass is 31.2. The van der Waals surface area contributed by atoms with Crippen molar-refractivity contribution in [2.24, 2.45) is 0 Å². The van der Waals surface area contributed by atoms with Gasteiger partial charge in [-0.2, -0.15) is 0 Å². The van der Waals surface area contributed by atoms with E-state index in [4.69, 9.17) is 18.5 Å². The molecule has 0 fully saturated rings. The topological polar surface area (TPSA) is 124 Å². The fourth-order valence-electron chi connectivity index (χ4n) is 4.33. The van der Waals surface area contributed by atoms with Crippen LogP contribution in [0.1, 0.15) is 97.1 Å². The molecule has 36 heavy (non-hydrogen) atoms. The second kappa shape index (κ2) is 13.2. The third kappa shape index (κ3) is 10.0. The lowest BCUT2D eigenvalue weighted by atomic mass is 9.84. The first kappa shape index (κ1) is 31.2. The third-order valence-corrected chi connectivity index (χ3v) is 7.49. The Balaban J connectivity index is 2.64. The van der Waals surface area contributed by atoms with Gasteiger partial charge in [0.2, 0.25) is 11.6 Å². The van der Waals surface area contributed by atoms with Crippen molar-refractivity contribution in [1.29, 1.82) is 0 Å². The molecule has 0 aromatic heterocycles. The largest absolute Gasteiger partial charge is 0.475 e. The summed E-state index contributed by atoms with van der Waals surface area (Å²) in [5, 5.41) is 0. The molecular weight excluding hydrogens is 506 g/mol. The first-order chi connectivity index (χ1) is 16.7. The molecule has 0 heterocycles. The molecule has 1 aromatic rings. The normalized spacial score (nSPS) is 18.6. The highest BCUT2D eigenvalue weighted by molar-refractivity contribution is 7.47. The maximum absolute atomic E-state index is 12.2. The van der Waals surface area contributed by atoms with Gasteiger partial charge >= 0.3 is 16.4 Å². The average molecular weight is 549 g/mol. The number of rotatable bonds is 14. The monoisotopic (exact) mass is 548 g/mol. The Bertz CT molecular complexity index is 944. The van der Waals surface area contributed by atoms with Gasteiger partial charge in [-0.1, -0.05) is 31.4 Å². The van der Waals surface area contributed by atoms with Crippen molar-refractivity contribution in [3.63, 3.8) is 0 Å². The molecule has 1 aliphatic rings. The lowest BCUT2D eigenvalue weighted by molar-refractivity contribution is -0.0998. The predicted octanol–water partition coefficient (Wildman–Crippen LogP) is 6.85. The van der Waals surface area contributed by atoms with E-state index in [-0.39, 0.29) is 5.92 Å². The minimum absolute atomic E-state index is 0.0480.